The van der Waals surface area contributed by atoms with Gasteiger partial charge in [0.2, 0.25) is 0 Å². The second kappa shape index (κ2) is 7.20. The maximum atomic E-state index is 12.9. The van der Waals surface area contributed by atoms with E-state index in [4.69, 9.17) is 5.73 Å². The van der Waals surface area contributed by atoms with Crippen molar-refractivity contribution in [3.8, 4) is 5.75 Å². The van der Waals surface area contributed by atoms with Gasteiger partial charge in [-0.2, -0.15) is 13.2 Å². The molecule has 0 aliphatic heterocycles. The normalized spacial score (nSPS) is 18.1. The molecule has 0 spiro atoms. The Morgan fingerprint density at radius 3 is 2.29 bits per heavy atom. The molecule has 0 radical (unpaired) electrons. The minimum absolute atomic E-state index is 0. The number of nitrogens with two attached hydrogens (primary N) is 1. The molecule has 1 aliphatic carbocycles. The van der Waals surface area contributed by atoms with Crippen molar-refractivity contribution in [2.45, 2.75) is 44.3 Å². The molecule has 0 aromatic heterocycles. The predicted molar refractivity (Wildman–Crippen MR) is 81.6 cm³/mol. The van der Waals surface area contributed by atoms with Gasteiger partial charge in [-0.1, -0.05) is 35.2 Å². The van der Waals surface area contributed by atoms with E-state index in [9.17, 15) is 18.3 Å². The summed E-state index contributed by atoms with van der Waals surface area (Å²) in [7, 11) is 0. The Bertz CT molecular complexity index is 490. The van der Waals surface area contributed by atoms with Crippen LogP contribution in [-0.2, 0) is 6.18 Å². The van der Waals surface area contributed by atoms with Crippen LogP contribution in [0.1, 0.15) is 49.3 Å². The summed E-state index contributed by atoms with van der Waals surface area (Å²) in [5, 5.41) is 9.93. The standard InChI is InChI=1S/C14H17BrF3NO.ClH/c15-9-6-10(12(19)8-4-2-1-3-5-8)13(20)11(7-9)14(16,17)18;/h6-8,12,20H,1-5,19H2;1H/t12-;/m0./s1. The van der Waals surface area contributed by atoms with E-state index in [1.807, 2.05) is 0 Å². The summed E-state index contributed by atoms with van der Waals surface area (Å²) < 4.78 is 39.0. The van der Waals surface area contributed by atoms with Gasteiger partial charge in [-0.3, -0.25) is 0 Å². The molecule has 2 nitrogen and oxygen atoms in total. The van der Waals surface area contributed by atoms with Crippen LogP contribution in [0.15, 0.2) is 16.6 Å². The molecule has 1 atom stereocenters. The molecule has 2 rings (SSSR count). The molecule has 1 fully saturated rings. The minimum atomic E-state index is -4.59. The van der Waals surface area contributed by atoms with E-state index >= 15 is 0 Å². The highest BCUT2D eigenvalue weighted by molar-refractivity contribution is 9.10. The SMILES string of the molecule is Cl.N[C@H](c1cc(Br)cc(C(F)(F)F)c1O)C1CCCCC1. The van der Waals surface area contributed by atoms with Crippen LogP contribution in [0.3, 0.4) is 0 Å². The van der Waals surface area contributed by atoms with E-state index in [1.165, 1.54) is 6.07 Å². The van der Waals surface area contributed by atoms with E-state index < -0.39 is 23.5 Å². The van der Waals surface area contributed by atoms with Crippen LogP contribution in [0.4, 0.5) is 13.2 Å². The summed E-state index contributed by atoms with van der Waals surface area (Å²) >= 11 is 3.07. The van der Waals surface area contributed by atoms with Gasteiger partial charge < -0.3 is 10.8 Å². The minimum Gasteiger partial charge on any atom is -0.507 e. The first-order chi connectivity index (χ1) is 9.30. The number of hydrogen-bond donors (Lipinski definition) is 2. The number of benzene rings is 1. The highest BCUT2D eigenvalue weighted by Gasteiger charge is 2.36. The van der Waals surface area contributed by atoms with Gasteiger partial charge in [0.15, 0.2) is 0 Å². The number of rotatable bonds is 2. The van der Waals surface area contributed by atoms with Gasteiger partial charge in [0.25, 0.3) is 0 Å². The van der Waals surface area contributed by atoms with E-state index in [1.54, 1.807) is 0 Å². The van der Waals surface area contributed by atoms with E-state index in [0.717, 1.165) is 38.2 Å². The smallest absolute Gasteiger partial charge is 0.420 e. The van der Waals surface area contributed by atoms with Crippen molar-refractivity contribution in [2.24, 2.45) is 11.7 Å². The van der Waals surface area contributed by atoms with Crippen molar-refractivity contribution in [1.82, 2.24) is 0 Å². The first-order valence-corrected chi connectivity index (χ1v) is 7.45. The van der Waals surface area contributed by atoms with Gasteiger partial charge in [0, 0.05) is 16.1 Å². The van der Waals surface area contributed by atoms with Crippen LogP contribution in [-0.4, -0.2) is 5.11 Å². The van der Waals surface area contributed by atoms with Crippen LogP contribution in [0.5, 0.6) is 5.75 Å². The molecule has 1 aliphatic rings. The second-order valence-electron chi connectivity index (χ2n) is 5.31. The molecule has 0 bridgehead atoms. The molecular weight excluding hydrogens is 371 g/mol. The molecule has 1 aromatic rings. The lowest BCUT2D eigenvalue weighted by Gasteiger charge is -2.29. The van der Waals surface area contributed by atoms with Crippen LogP contribution in [0.2, 0.25) is 0 Å². The highest BCUT2D eigenvalue weighted by atomic mass is 79.9. The third kappa shape index (κ3) is 4.27. The zero-order chi connectivity index (χ0) is 14.9. The summed E-state index contributed by atoms with van der Waals surface area (Å²) in [4.78, 5) is 0. The maximum absolute atomic E-state index is 12.9. The molecule has 120 valence electrons. The molecule has 0 saturated heterocycles. The lowest BCUT2D eigenvalue weighted by atomic mass is 9.81. The largest absolute Gasteiger partial charge is 0.507 e. The summed E-state index contributed by atoms with van der Waals surface area (Å²) in [6.07, 6.45) is 0.428. The Morgan fingerprint density at radius 2 is 1.76 bits per heavy atom. The van der Waals surface area contributed by atoms with Gasteiger partial charge in [-0.15, -0.1) is 12.4 Å². The maximum Gasteiger partial charge on any atom is 0.420 e. The molecular formula is C14H18BrClF3NO. The lowest BCUT2D eigenvalue weighted by molar-refractivity contribution is -0.138. The number of halogens is 5. The molecule has 0 heterocycles. The van der Waals surface area contributed by atoms with Crippen molar-refractivity contribution in [1.29, 1.82) is 0 Å². The van der Waals surface area contributed by atoms with E-state index in [0.29, 0.717) is 0 Å². The second-order valence-corrected chi connectivity index (χ2v) is 6.23. The van der Waals surface area contributed by atoms with E-state index in [2.05, 4.69) is 15.9 Å². The van der Waals surface area contributed by atoms with Gasteiger partial charge in [0.1, 0.15) is 5.75 Å². The Morgan fingerprint density at radius 1 is 1.19 bits per heavy atom. The van der Waals surface area contributed by atoms with Gasteiger partial charge in [-0.05, 0) is 30.9 Å². The fraction of sp³-hybridized carbons (Fsp3) is 0.571. The number of hydrogen-bond acceptors (Lipinski definition) is 2. The highest BCUT2D eigenvalue weighted by Crippen LogP contribution is 2.43. The Kier molecular flexibility index (Phi) is 6.37. The fourth-order valence-electron chi connectivity index (χ4n) is 2.84. The number of phenolic OH excluding ortho intramolecular Hbond substituents is 1. The average molecular weight is 389 g/mol. The molecule has 7 heteroatoms. The third-order valence-corrected chi connectivity index (χ3v) is 4.38. The van der Waals surface area contributed by atoms with Crippen LogP contribution >= 0.6 is 28.3 Å². The fourth-order valence-corrected chi connectivity index (χ4v) is 3.31. The average Bonchev–Trinajstić information content (AvgIpc) is 2.40. The molecule has 0 unspecified atom stereocenters. The third-order valence-electron chi connectivity index (χ3n) is 3.93. The summed E-state index contributed by atoms with van der Waals surface area (Å²) in [5.41, 5.74) is 5.25. The van der Waals surface area contributed by atoms with Gasteiger partial charge >= 0.3 is 6.18 Å². The van der Waals surface area contributed by atoms with Crippen molar-refractivity contribution in [3.63, 3.8) is 0 Å². The van der Waals surface area contributed by atoms with Gasteiger partial charge in [0.05, 0.1) is 5.56 Å². The zero-order valence-electron chi connectivity index (χ0n) is 11.3. The van der Waals surface area contributed by atoms with Crippen LogP contribution in [0, 0.1) is 5.92 Å². The summed E-state index contributed by atoms with van der Waals surface area (Å²) in [5.74, 6) is -0.608. The van der Waals surface area contributed by atoms with E-state index in [-0.39, 0.29) is 28.4 Å². The summed E-state index contributed by atoms with van der Waals surface area (Å²) in [6.45, 7) is 0. The van der Waals surface area contributed by atoms with Crippen LogP contribution in [0.25, 0.3) is 0 Å². The molecule has 3 N–H and O–H groups in total. The topological polar surface area (TPSA) is 46.2 Å². The monoisotopic (exact) mass is 387 g/mol. The summed E-state index contributed by atoms with van der Waals surface area (Å²) in [6, 6.07) is 1.81. The Labute approximate surface area is 136 Å². The first-order valence-electron chi connectivity index (χ1n) is 6.66. The van der Waals surface area contributed by atoms with Gasteiger partial charge in [-0.25, -0.2) is 0 Å². The Hall–Kier alpha value is -0.460. The van der Waals surface area contributed by atoms with Crippen molar-refractivity contribution < 1.29 is 18.3 Å². The van der Waals surface area contributed by atoms with Crippen molar-refractivity contribution in [2.75, 3.05) is 0 Å². The Balaban J connectivity index is 0.00000220. The predicted octanol–water partition coefficient (Wildman–Crippen LogP) is 5.18. The quantitative estimate of drug-likeness (QED) is 0.733. The molecule has 1 aromatic carbocycles. The van der Waals surface area contributed by atoms with Crippen molar-refractivity contribution in [3.05, 3.63) is 27.7 Å². The number of aromatic hydroxyl groups is 1. The number of alkyl halides is 3. The van der Waals surface area contributed by atoms with Crippen LogP contribution < -0.4 is 5.73 Å². The first kappa shape index (κ1) is 18.6. The van der Waals surface area contributed by atoms with Crippen molar-refractivity contribution >= 4 is 28.3 Å². The molecule has 21 heavy (non-hydrogen) atoms. The number of phenols is 1. The zero-order valence-corrected chi connectivity index (χ0v) is 13.7. The lowest BCUT2D eigenvalue weighted by Crippen LogP contribution is -2.24. The molecule has 0 amide bonds. The molecule has 1 saturated carbocycles.